The Morgan fingerprint density at radius 1 is 0.882 bits per heavy atom. The number of ketones is 2. The van der Waals surface area contributed by atoms with Gasteiger partial charge in [-0.25, -0.2) is 0 Å². The van der Waals surface area contributed by atoms with Crippen molar-refractivity contribution in [2.24, 2.45) is 0 Å². The largest absolute Gasteiger partial charge is 0.497 e. The van der Waals surface area contributed by atoms with Gasteiger partial charge < -0.3 is 14.8 Å². The van der Waals surface area contributed by atoms with Crippen LogP contribution in [-0.4, -0.2) is 37.4 Å². The molecule has 0 spiro atoms. The Balaban J connectivity index is 1.72. The van der Waals surface area contributed by atoms with Crippen molar-refractivity contribution in [3.63, 3.8) is 0 Å². The Labute approximate surface area is 205 Å². The van der Waals surface area contributed by atoms with Gasteiger partial charge in [-0.3, -0.25) is 14.4 Å². The first-order valence-corrected chi connectivity index (χ1v) is 11.6. The molecular weight excluding hydrogens is 474 g/mol. The number of nitrogens with one attached hydrogen (secondary N) is 1. The zero-order chi connectivity index (χ0) is 24.2. The molecule has 1 aliphatic rings. The van der Waals surface area contributed by atoms with E-state index in [0.29, 0.717) is 38.9 Å². The molecule has 1 heterocycles. The summed E-state index contributed by atoms with van der Waals surface area (Å²) in [6, 6.07) is 18.3. The summed E-state index contributed by atoms with van der Waals surface area (Å²) in [6.07, 6.45) is 0. The number of thioether (sulfide) groups is 1. The zero-order valence-corrected chi connectivity index (χ0v) is 20.0. The molecule has 3 aromatic carbocycles. The fraction of sp³-hybridized carbons (Fsp3) is 0.115. The topological polar surface area (TPSA) is 81.7 Å². The van der Waals surface area contributed by atoms with Crippen molar-refractivity contribution in [1.29, 1.82) is 0 Å². The predicted octanol–water partition coefficient (Wildman–Crippen LogP) is 5.52. The van der Waals surface area contributed by atoms with Crippen molar-refractivity contribution in [3.05, 3.63) is 93.3 Å². The molecule has 4 rings (SSSR count). The molecule has 1 N–H and O–H groups in total. The molecular formula is C26H20ClNO5S. The van der Waals surface area contributed by atoms with Gasteiger partial charge in [-0.15, -0.1) is 11.8 Å². The molecule has 0 atom stereocenters. The lowest BCUT2D eigenvalue weighted by molar-refractivity contribution is -0.110. The number of fused-ring (bicyclic) bond motifs is 1. The van der Waals surface area contributed by atoms with E-state index in [-0.39, 0.29) is 27.8 Å². The molecule has 0 aliphatic carbocycles. The minimum Gasteiger partial charge on any atom is -0.497 e. The number of hydrogen-bond acceptors (Lipinski definition) is 6. The van der Waals surface area contributed by atoms with Gasteiger partial charge in [0, 0.05) is 27.4 Å². The van der Waals surface area contributed by atoms with Crippen molar-refractivity contribution in [1.82, 2.24) is 0 Å². The van der Waals surface area contributed by atoms with Gasteiger partial charge in [0.25, 0.3) is 5.91 Å². The molecule has 0 unspecified atom stereocenters. The Bertz CT molecular complexity index is 1300. The number of hydrogen-bond donors (Lipinski definition) is 1. The van der Waals surface area contributed by atoms with E-state index in [0.717, 1.165) is 11.8 Å². The van der Waals surface area contributed by atoms with E-state index in [2.05, 4.69) is 5.32 Å². The second kappa shape index (κ2) is 10.2. The normalized spacial score (nSPS) is 13.7. The average Bonchev–Trinajstić information content (AvgIpc) is 3.18. The van der Waals surface area contributed by atoms with Crippen molar-refractivity contribution in [2.45, 2.75) is 0 Å². The van der Waals surface area contributed by atoms with E-state index in [4.69, 9.17) is 21.1 Å². The lowest BCUT2D eigenvalue weighted by Crippen LogP contribution is -2.12. The first kappa shape index (κ1) is 23.6. The van der Waals surface area contributed by atoms with E-state index >= 15 is 0 Å². The quantitative estimate of drug-likeness (QED) is 0.328. The first-order valence-electron chi connectivity index (χ1n) is 10.3. The summed E-state index contributed by atoms with van der Waals surface area (Å²) in [5.41, 5.74) is 2.14. The van der Waals surface area contributed by atoms with Crippen LogP contribution < -0.4 is 14.8 Å². The molecule has 0 fully saturated rings. The standard InChI is InChI=1S/C26H20ClNO5S/c1-32-18-8-3-15(4-9-18)22(29)14-34-25(24(30)16-5-10-19(33-2)11-6-16)23-20-13-17(27)7-12-21(20)28-26(23)31/h3-13H,14H2,1-2H3,(H,28,31)/b25-23-. The van der Waals surface area contributed by atoms with Crippen LogP contribution in [0.2, 0.25) is 5.02 Å². The second-order valence-electron chi connectivity index (χ2n) is 7.35. The van der Waals surface area contributed by atoms with Crippen molar-refractivity contribution < 1.29 is 23.9 Å². The first-order chi connectivity index (χ1) is 16.4. The average molecular weight is 494 g/mol. The number of ether oxygens (including phenoxy) is 2. The highest BCUT2D eigenvalue weighted by atomic mass is 35.5. The molecule has 6 nitrogen and oxygen atoms in total. The van der Waals surface area contributed by atoms with Crippen LogP contribution in [0.25, 0.3) is 5.57 Å². The lowest BCUT2D eigenvalue weighted by Gasteiger charge is -2.11. The summed E-state index contributed by atoms with van der Waals surface area (Å²) in [7, 11) is 3.08. The van der Waals surface area contributed by atoms with Gasteiger partial charge in [-0.05, 0) is 66.7 Å². The number of anilines is 1. The van der Waals surface area contributed by atoms with Crippen LogP contribution >= 0.6 is 23.4 Å². The molecule has 1 aliphatic heterocycles. The number of carbonyl (C=O) groups is 3. The summed E-state index contributed by atoms with van der Waals surface area (Å²) in [5.74, 6) is 0.238. The van der Waals surface area contributed by atoms with Gasteiger partial charge >= 0.3 is 0 Å². The van der Waals surface area contributed by atoms with Crippen molar-refractivity contribution in [2.75, 3.05) is 25.3 Å². The van der Waals surface area contributed by atoms with Gasteiger partial charge in [0.1, 0.15) is 11.5 Å². The number of allylic oxidation sites excluding steroid dienone is 1. The van der Waals surface area contributed by atoms with Crippen LogP contribution in [0.3, 0.4) is 0 Å². The number of benzene rings is 3. The fourth-order valence-corrected chi connectivity index (χ4v) is 4.70. The predicted molar refractivity (Wildman–Crippen MR) is 134 cm³/mol. The molecule has 1 amide bonds. The second-order valence-corrected chi connectivity index (χ2v) is 8.77. The third kappa shape index (κ3) is 4.85. The van der Waals surface area contributed by atoms with Crippen LogP contribution in [0.4, 0.5) is 5.69 Å². The van der Waals surface area contributed by atoms with Crippen LogP contribution in [-0.2, 0) is 4.79 Å². The third-order valence-corrected chi connectivity index (χ3v) is 6.59. The van der Waals surface area contributed by atoms with E-state index in [1.54, 1.807) is 73.8 Å². The SMILES string of the molecule is COc1ccc(C(=O)CS/C(C(=O)c2ccc(OC)cc2)=C2\C(=O)Nc3ccc(Cl)cc32)cc1. The summed E-state index contributed by atoms with van der Waals surface area (Å²) in [4.78, 5) is 39.5. The molecule has 34 heavy (non-hydrogen) atoms. The molecule has 0 radical (unpaired) electrons. The summed E-state index contributed by atoms with van der Waals surface area (Å²) < 4.78 is 10.3. The highest BCUT2D eigenvalue weighted by Gasteiger charge is 2.31. The maximum Gasteiger partial charge on any atom is 0.257 e. The molecule has 172 valence electrons. The van der Waals surface area contributed by atoms with Crippen LogP contribution in [0.1, 0.15) is 26.3 Å². The Morgan fingerprint density at radius 3 is 2.06 bits per heavy atom. The minimum atomic E-state index is -0.418. The molecule has 3 aromatic rings. The van der Waals surface area contributed by atoms with Crippen molar-refractivity contribution in [3.8, 4) is 11.5 Å². The third-order valence-electron chi connectivity index (χ3n) is 5.27. The number of amides is 1. The van der Waals surface area contributed by atoms with Crippen LogP contribution in [0.15, 0.2) is 71.6 Å². The van der Waals surface area contributed by atoms with Gasteiger partial charge in [-0.1, -0.05) is 11.6 Å². The minimum absolute atomic E-state index is 0.0315. The van der Waals surface area contributed by atoms with Gasteiger partial charge in [0.05, 0.1) is 30.5 Å². The monoisotopic (exact) mass is 493 g/mol. The Morgan fingerprint density at radius 2 is 1.47 bits per heavy atom. The van der Waals surface area contributed by atoms with E-state index in [1.807, 2.05) is 0 Å². The van der Waals surface area contributed by atoms with Crippen molar-refractivity contribution >= 4 is 52.1 Å². The van der Waals surface area contributed by atoms with Crippen LogP contribution in [0, 0.1) is 0 Å². The highest BCUT2D eigenvalue weighted by molar-refractivity contribution is 8.04. The summed E-state index contributed by atoms with van der Waals surface area (Å²) in [6.45, 7) is 0. The van der Waals surface area contributed by atoms with Gasteiger partial charge in [0.2, 0.25) is 0 Å². The molecule has 8 heteroatoms. The maximum atomic E-state index is 13.5. The molecule has 0 aromatic heterocycles. The number of halogens is 1. The number of rotatable bonds is 8. The smallest absolute Gasteiger partial charge is 0.257 e. The van der Waals surface area contributed by atoms with E-state index < -0.39 is 5.91 Å². The van der Waals surface area contributed by atoms with E-state index in [9.17, 15) is 14.4 Å². The summed E-state index contributed by atoms with van der Waals surface area (Å²) in [5, 5.41) is 3.21. The number of carbonyl (C=O) groups excluding carboxylic acids is 3. The maximum absolute atomic E-state index is 13.5. The Hall–Kier alpha value is -3.55. The lowest BCUT2D eigenvalue weighted by atomic mass is 10.0. The Kier molecular flexibility index (Phi) is 7.05. The van der Waals surface area contributed by atoms with E-state index in [1.165, 1.54) is 7.11 Å². The molecule has 0 saturated heterocycles. The van der Waals surface area contributed by atoms with Gasteiger partial charge in [0.15, 0.2) is 11.6 Å². The van der Waals surface area contributed by atoms with Gasteiger partial charge in [-0.2, -0.15) is 0 Å². The fourth-order valence-electron chi connectivity index (χ4n) is 3.49. The number of methoxy groups -OCH3 is 2. The van der Waals surface area contributed by atoms with Crippen LogP contribution in [0.5, 0.6) is 11.5 Å². The number of Topliss-reactive ketones (excluding diaryl/α,β-unsaturated/α-hetero) is 2. The zero-order valence-electron chi connectivity index (χ0n) is 18.4. The molecule has 0 bridgehead atoms. The molecule has 0 saturated carbocycles. The highest BCUT2D eigenvalue weighted by Crippen LogP contribution is 2.40. The summed E-state index contributed by atoms with van der Waals surface area (Å²) >= 11 is 7.20.